The van der Waals surface area contributed by atoms with Crippen LogP contribution < -0.4 is 0 Å². The molecule has 2 unspecified atom stereocenters. The average molecular weight is 260 g/mol. The Balaban J connectivity index is 3.29. The third-order valence-corrected chi connectivity index (χ3v) is 3.92. The van der Waals surface area contributed by atoms with E-state index in [1.165, 1.54) is 0 Å². The van der Waals surface area contributed by atoms with Crippen LogP contribution in [0.25, 0.3) is 0 Å². The summed E-state index contributed by atoms with van der Waals surface area (Å²) >= 11 is 0. The average Bonchev–Trinajstić information content (AvgIpc) is 2.19. The van der Waals surface area contributed by atoms with Crippen LogP contribution in [-0.2, 0) is 10.1 Å². The SMILES string of the molecule is O=S(=O)(O)C1(O)[C@H](O)[C@H](O)C(O)[C@@H](O)[C@@H]1O. The van der Waals surface area contributed by atoms with Crippen molar-refractivity contribution < 1.29 is 43.6 Å². The summed E-state index contributed by atoms with van der Waals surface area (Å²) in [6.45, 7) is 0. The molecular weight excluding hydrogens is 248 g/mol. The summed E-state index contributed by atoms with van der Waals surface area (Å²) in [6.07, 6.45) is -11.7. The van der Waals surface area contributed by atoms with Crippen molar-refractivity contribution in [3.63, 3.8) is 0 Å². The van der Waals surface area contributed by atoms with Gasteiger partial charge in [0.2, 0.25) is 4.93 Å². The minimum Gasteiger partial charge on any atom is -0.387 e. The molecule has 7 N–H and O–H groups in total. The van der Waals surface area contributed by atoms with Crippen molar-refractivity contribution in [1.29, 1.82) is 0 Å². The molecule has 6 atom stereocenters. The Hall–Kier alpha value is -0.330. The van der Waals surface area contributed by atoms with Crippen molar-refractivity contribution in [3.8, 4) is 0 Å². The highest BCUT2D eigenvalue weighted by atomic mass is 32.2. The van der Waals surface area contributed by atoms with Crippen LogP contribution >= 0.6 is 0 Å². The first kappa shape index (κ1) is 13.7. The summed E-state index contributed by atoms with van der Waals surface area (Å²) in [5.41, 5.74) is 0. The van der Waals surface area contributed by atoms with Gasteiger partial charge in [-0.1, -0.05) is 0 Å². The molecule has 0 spiro atoms. The molecule has 1 rings (SSSR count). The van der Waals surface area contributed by atoms with Gasteiger partial charge < -0.3 is 30.6 Å². The normalized spacial score (nSPS) is 50.3. The summed E-state index contributed by atoms with van der Waals surface area (Å²) in [6, 6.07) is 0. The molecule has 0 aromatic carbocycles. The third-order valence-electron chi connectivity index (χ3n) is 2.61. The van der Waals surface area contributed by atoms with Crippen molar-refractivity contribution in [2.24, 2.45) is 0 Å². The minimum absolute atomic E-state index is 2.06. The van der Waals surface area contributed by atoms with Crippen LogP contribution in [0.2, 0.25) is 0 Å². The second-order valence-electron chi connectivity index (χ2n) is 3.59. The van der Waals surface area contributed by atoms with Gasteiger partial charge in [0.1, 0.15) is 30.5 Å². The van der Waals surface area contributed by atoms with Gasteiger partial charge >= 0.3 is 10.1 Å². The Kier molecular flexibility index (Phi) is 3.31. The summed E-state index contributed by atoms with van der Waals surface area (Å²) in [5, 5.41) is 55.2. The van der Waals surface area contributed by atoms with Gasteiger partial charge in [-0.25, -0.2) is 0 Å². The molecule has 9 nitrogen and oxygen atoms in total. The summed E-state index contributed by atoms with van der Waals surface area (Å²) < 4.78 is 30.3. The second kappa shape index (κ2) is 3.85. The molecule has 10 heteroatoms. The number of aliphatic hydroxyl groups is 6. The van der Waals surface area contributed by atoms with Crippen molar-refractivity contribution in [2.75, 3.05) is 0 Å². The first-order valence-corrected chi connectivity index (χ1v) is 5.59. The van der Waals surface area contributed by atoms with Crippen LogP contribution in [0.4, 0.5) is 0 Å². The van der Waals surface area contributed by atoms with Gasteiger partial charge in [0.15, 0.2) is 0 Å². The maximum Gasteiger partial charge on any atom is 0.300 e. The Morgan fingerprint density at radius 3 is 1.38 bits per heavy atom. The molecule has 96 valence electrons. The number of aliphatic hydroxyl groups excluding tert-OH is 5. The monoisotopic (exact) mass is 260 g/mol. The highest BCUT2D eigenvalue weighted by molar-refractivity contribution is 7.87. The molecule has 0 bridgehead atoms. The van der Waals surface area contributed by atoms with E-state index in [0.717, 1.165) is 0 Å². The van der Waals surface area contributed by atoms with E-state index in [1.54, 1.807) is 0 Å². The molecule has 0 aromatic heterocycles. The van der Waals surface area contributed by atoms with Gasteiger partial charge in [-0.05, 0) is 0 Å². The summed E-state index contributed by atoms with van der Waals surface area (Å²) in [7, 11) is -5.39. The van der Waals surface area contributed by atoms with Gasteiger partial charge in [-0.2, -0.15) is 8.42 Å². The fourth-order valence-corrected chi connectivity index (χ4v) is 2.43. The largest absolute Gasteiger partial charge is 0.387 e. The maximum absolute atomic E-state index is 10.8. The summed E-state index contributed by atoms with van der Waals surface area (Å²) in [5.74, 6) is 0. The molecule has 0 amide bonds. The molecule has 1 aliphatic rings. The lowest BCUT2D eigenvalue weighted by Crippen LogP contribution is -2.73. The van der Waals surface area contributed by atoms with E-state index in [2.05, 4.69) is 0 Å². The van der Waals surface area contributed by atoms with E-state index in [-0.39, 0.29) is 0 Å². The standard InChI is InChI=1S/C6H12O9S/c7-1-2(8)4(10)6(12,16(13,14)15)5(11)3(1)9/h1-5,7-12H,(H,13,14,15)/t1?,2-,3-,4-,5+,6?/m1/s1. The molecule has 0 radical (unpaired) electrons. The minimum atomic E-state index is -5.39. The van der Waals surface area contributed by atoms with Crippen molar-refractivity contribution in [2.45, 2.75) is 35.5 Å². The summed E-state index contributed by atoms with van der Waals surface area (Å²) in [4.78, 5) is -3.56. The molecule has 0 aliphatic heterocycles. The molecule has 1 aliphatic carbocycles. The predicted molar refractivity (Wildman–Crippen MR) is 46.5 cm³/mol. The fourth-order valence-electron chi connectivity index (χ4n) is 1.55. The van der Waals surface area contributed by atoms with Crippen LogP contribution in [0.15, 0.2) is 0 Å². The lowest BCUT2D eigenvalue weighted by Gasteiger charge is -2.45. The second-order valence-corrected chi connectivity index (χ2v) is 5.19. The van der Waals surface area contributed by atoms with E-state index < -0.39 is 45.6 Å². The van der Waals surface area contributed by atoms with Crippen LogP contribution in [0.5, 0.6) is 0 Å². The lowest BCUT2D eigenvalue weighted by atomic mass is 9.84. The smallest absolute Gasteiger partial charge is 0.300 e. The quantitative estimate of drug-likeness (QED) is 0.228. The zero-order chi connectivity index (χ0) is 12.9. The van der Waals surface area contributed by atoms with Crippen molar-refractivity contribution in [3.05, 3.63) is 0 Å². The topological polar surface area (TPSA) is 176 Å². The Morgan fingerprint density at radius 1 is 0.812 bits per heavy atom. The Bertz CT molecular complexity index is 348. The van der Waals surface area contributed by atoms with Gasteiger partial charge in [0.05, 0.1) is 0 Å². The van der Waals surface area contributed by atoms with Crippen LogP contribution in [0.3, 0.4) is 0 Å². The van der Waals surface area contributed by atoms with Crippen LogP contribution in [-0.4, -0.2) is 79.1 Å². The van der Waals surface area contributed by atoms with Gasteiger partial charge in [0.25, 0.3) is 0 Å². The molecule has 0 heterocycles. The highest BCUT2D eigenvalue weighted by Gasteiger charge is 2.64. The first-order chi connectivity index (χ1) is 7.05. The van der Waals surface area contributed by atoms with Gasteiger partial charge in [0, 0.05) is 0 Å². The number of hydrogen-bond donors (Lipinski definition) is 7. The molecule has 0 aromatic rings. The van der Waals surface area contributed by atoms with E-state index >= 15 is 0 Å². The van der Waals surface area contributed by atoms with Gasteiger partial charge in [-0.3, -0.25) is 4.55 Å². The predicted octanol–water partition coefficient (Wildman–Crippen LogP) is -4.62. The van der Waals surface area contributed by atoms with Crippen molar-refractivity contribution >= 4 is 10.1 Å². The Labute approximate surface area is 90.0 Å². The van der Waals surface area contributed by atoms with Crippen LogP contribution in [0, 0.1) is 0 Å². The van der Waals surface area contributed by atoms with Crippen molar-refractivity contribution in [1.82, 2.24) is 0 Å². The first-order valence-electron chi connectivity index (χ1n) is 4.15. The fraction of sp³-hybridized carbons (Fsp3) is 1.00. The highest BCUT2D eigenvalue weighted by Crippen LogP contribution is 2.33. The zero-order valence-corrected chi connectivity index (χ0v) is 8.56. The molecule has 1 fully saturated rings. The molecule has 16 heavy (non-hydrogen) atoms. The van der Waals surface area contributed by atoms with E-state index in [4.69, 9.17) is 19.9 Å². The third kappa shape index (κ3) is 1.63. The van der Waals surface area contributed by atoms with Gasteiger partial charge in [-0.15, -0.1) is 0 Å². The van der Waals surface area contributed by atoms with E-state index in [0.29, 0.717) is 0 Å². The lowest BCUT2D eigenvalue weighted by molar-refractivity contribution is -0.239. The zero-order valence-electron chi connectivity index (χ0n) is 7.74. The maximum atomic E-state index is 10.8. The van der Waals surface area contributed by atoms with Crippen LogP contribution in [0.1, 0.15) is 0 Å². The number of rotatable bonds is 1. The van der Waals surface area contributed by atoms with E-state index in [9.17, 15) is 23.7 Å². The molecule has 1 saturated carbocycles. The molecule has 0 saturated heterocycles. The van der Waals surface area contributed by atoms with E-state index in [1.807, 2.05) is 0 Å². The Morgan fingerprint density at radius 2 is 1.12 bits per heavy atom. The number of hydrogen-bond acceptors (Lipinski definition) is 8. The molecular formula is C6H12O9S.